The smallest absolute Gasteiger partial charge is 0.268 e. The van der Waals surface area contributed by atoms with Gasteiger partial charge in [0.1, 0.15) is 0 Å². The molecule has 1 aromatic carbocycles. The zero-order chi connectivity index (χ0) is 15.8. The van der Waals surface area contributed by atoms with Gasteiger partial charge in [0.2, 0.25) is 0 Å². The predicted molar refractivity (Wildman–Crippen MR) is 60.3 cm³/mol. The van der Waals surface area contributed by atoms with Gasteiger partial charge in [-0.1, -0.05) is 6.07 Å². The van der Waals surface area contributed by atoms with E-state index in [0.717, 1.165) is 18.2 Å². The number of aromatic nitrogens is 2. The summed E-state index contributed by atoms with van der Waals surface area (Å²) in [6.07, 6.45) is -10.3. The second kappa shape index (κ2) is 4.90. The zero-order valence-electron chi connectivity index (χ0n) is 10.0. The Morgan fingerprint density at radius 1 is 0.857 bits per heavy atom. The highest BCUT2D eigenvalue weighted by atomic mass is 19.4. The molecule has 0 aliphatic heterocycles. The largest absolute Gasteiger partial charge is 0.417 e. The number of aromatic amines is 1. The van der Waals surface area contributed by atoms with Crippen molar-refractivity contribution in [1.82, 2.24) is 10.2 Å². The van der Waals surface area contributed by atoms with Crippen LogP contribution in [0.1, 0.15) is 11.1 Å². The molecule has 3 nitrogen and oxygen atoms in total. The molecule has 0 fully saturated rings. The van der Waals surface area contributed by atoms with Crippen molar-refractivity contribution < 1.29 is 26.3 Å². The van der Waals surface area contributed by atoms with Crippen LogP contribution in [0.2, 0.25) is 0 Å². The lowest BCUT2D eigenvalue weighted by Crippen LogP contribution is -2.16. The Hall–Kier alpha value is -2.32. The molecule has 1 N–H and O–H groups in total. The van der Waals surface area contributed by atoms with Gasteiger partial charge in [0.15, 0.2) is 0 Å². The Morgan fingerprint density at radius 3 is 1.95 bits per heavy atom. The van der Waals surface area contributed by atoms with Crippen LogP contribution in [0.25, 0.3) is 11.3 Å². The highest BCUT2D eigenvalue weighted by molar-refractivity contribution is 5.61. The minimum Gasteiger partial charge on any atom is -0.268 e. The molecule has 1 heterocycles. The van der Waals surface area contributed by atoms with E-state index in [1.54, 1.807) is 0 Å². The molecule has 9 heteroatoms. The number of H-pyrrole nitrogens is 1. The van der Waals surface area contributed by atoms with Crippen molar-refractivity contribution >= 4 is 0 Å². The fourth-order valence-corrected chi connectivity index (χ4v) is 1.69. The Morgan fingerprint density at radius 2 is 1.48 bits per heavy atom. The minimum absolute atomic E-state index is 0.0752. The van der Waals surface area contributed by atoms with Gasteiger partial charge in [-0.05, 0) is 18.2 Å². The van der Waals surface area contributed by atoms with Crippen LogP contribution >= 0.6 is 0 Å². The van der Waals surface area contributed by atoms with Gasteiger partial charge in [-0.3, -0.25) is 4.79 Å². The van der Waals surface area contributed by atoms with Crippen LogP contribution in [0.15, 0.2) is 35.1 Å². The maximum Gasteiger partial charge on any atom is 0.417 e. The first-order chi connectivity index (χ1) is 9.59. The van der Waals surface area contributed by atoms with Gasteiger partial charge in [0, 0.05) is 11.6 Å². The number of rotatable bonds is 1. The zero-order valence-corrected chi connectivity index (χ0v) is 10.0. The van der Waals surface area contributed by atoms with Gasteiger partial charge in [-0.15, -0.1) is 0 Å². The van der Waals surface area contributed by atoms with E-state index in [2.05, 4.69) is 5.10 Å². The van der Waals surface area contributed by atoms with Crippen LogP contribution in [0.3, 0.4) is 0 Å². The molecule has 0 saturated heterocycles. The topological polar surface area (TPSA) is 45.8 Å². The molecule has 0 saturated carbocycles. The van der Waals surface area contributed by atoms with Gasteiger partial charge in [-0.25, -0.2) is 5.10 Å². The Balaban J connectivity index is 2.62. The summed E-state index contributed by atoms with van der Waals surface area (Å²) in [7, 11) is 0. The van der Waals surface area contributed by atoms with Crippen LogP contribution in [-0.2, 0) is 12.4 Å². The quantitative estimate of drug-likeness (QED) is 0.820. The minimum atomic E-state index is -5.16. The van der Waals surface area contributed by atoms with Crippen molar-refractivity contribution in [3.8, 4) is 11.3 Å². The number of hydrogen-bond acceptors (Lipinski definition) is 2. The van der Waals surface area contributed by atoms with Gasteiger partial charge < -0.3 is 0 Å². The van der Waals surface area contributed by atoms with Gasteiger partial charge >= 0.3 is 12.4 Å². The second-order valence-corrected chi connectivity index (χ2v) is 4.06. The molecule has 0 radical (unpaired) electrons. The van der Waals surface area contributed by atoms with Crippen molar-refractivity contribution in [2.24, 2.45) is 0 Å². The number of nitrogens with one attached hydrogen (secondary N) is 1. The first kappa shape index (κ1) is 15.1. The summed E-state index contributed by atoms with van der Waals surface area (Å²) >= 11 is 0. The third-order valence-electron chi connectivity index (χ3n) is 2.61. The first-order valence-electron chi connectivity index (χ1n) is 5.43. The summed E-state index contributed by atoms with van der Waals surface area (Å²) in [5.41, 5.74) is -4.43. The maximum atomic E-state index is 12.8. The molecule has 2 rings (SSSR count). The molecule has 0 atom stereocenters. The van der Waals surface area contributed by atoms with Crippen LogP contribution in [-0.4, -0.2) is 10.2 Å². The normalized spacial score (nSPS) is 12.5. The molecule has 21 heavy (non-hydrogen) atoms. The molecule has 0 bridgehead atoms. The molecule has 0 unspecified atom stereocenters. The average Bonchev–Trinajstić information content (AvgIpc) is 2.37. The molecule has 0 aliphatic carbocycles. The van der Waals surface area contributed by atoms with E-state index in [9.17, 15) is 31.1 Å². The molecule has 0 amide bonds. The number of hydrogen-bond donors (Lipinski definition) is 1. The standard InChI is InChI=1S/C12H6F6N2O/c13-11(14,15)7-2-1-6(5-8(7)12(16,17)18)9-3-4-10(21)20-19-9/h1-5H,(H,20,21). The van der Waals surface area contributed by atoms with Crippen molar-refractivity contribution in [2.45, 2.75) is 12.4 Å². The molecule has 112 valence electrons. The van der Waals surface area contributed by atoms with E-state index in [-0.39, 0.29) is 11.3 Å². The van der Waals surface area contributed by atoms with Crippen LogP contribution in [0.4, 0.5) is 26.3 Å². The number of benzene rings is 1. The van der Waals surface area contributed by atoms with Gasteiger partial charge in [-0.2, -0.15) is 31.4 Å². The first-order valence-corrected chi connectivity index (χ1v) is 5.43. The monoisotopic (exact) mass is 308 g/mol. The fourth-order valence-electron chi connectivity index (χ4n) is 1.69. The summed E-state index contributed by atoms with van der Waals surface area (Å²) in [4.78, 5) is 10.8. The van der Waals surface area contributed by atoms with E-state index in [1.807, 2.05) is 5.10 Å². The molecular weight excluding hydrogens is 302 g/mol. The lowest BCUT2D eigenvalue weighted by molar-refractivity contribution is -0.162. The van der Waals surface area contributed by atoms with E-state index in [4.69, 9.17) is 0 Å². The van der Waals surface area contributed by atoms with Crippen LogP contribution in [0, 0.1) is 0 Å². The van der Waals surface area contributed by atoms with E-state index in [1.165, 1.54) is 0 Å². The molecule has 0 spiro atoms. The lowest BCUT2D eigenvalue weighted by Gasteiger charge is -2.16. The molecule has 1 aromatic heterocycles. The van der Waals surface area contributed by atoms with Gasteiger partial charge in [0.25, 0.3) is 5.56 Å². The fraction of sp³-hybridized carbons (Fsp3) is 0.167. The average molecular weight is 308 g/mol. The van der Waals surface area contributed by atoms with E-state index >= 15 is 0 Å². The second-order valence-electron chi connectivity index (χ2n) is 4.06. The Labute approximate surface area is 113 Å². The third-order valence-corrected chi connectivity index (χ3v) is 2.61. The van der Waals surface area contributed by atoms with Crippen LogP contribution < -0.4 is 5.56 Å². The summed E-state index contributed by atoms with van der Waals surface area (Å²) < 4.78 is 76.1. The Bertz CT molecular complexity index is 696. The lowest BCUT2D eigenvalue weighted by atomic mass is 10.0. The maximum absolute atomic E-state index is 12.8. The number of nitrogens with zero attached hydrogens (tertiary/aromatic N) is 1. The predicted octanol–water partition coefficient (Wildman–Crippen LogP) is 3.47. The summed E-state index contributed by atoms with van der Waals surface area (Å²) in [6.45, 7) is 0. The van der Waals surface area contributed by atoms with E-state index in [0.29, 0.717) is 12.1 Å². The molecule has 0 aliphatic rings. The highest BCUT2D eigenvalue weighted by Gasteiger charge is 2.43. The van der Waals surface area contributed by atoms with Crippen LogP contribution in [0.5, 0.6) is 0 Å². The highest BCUT2D eigenvalue weighted by Crippen LogP contribution is 2.41. The van der Waals surface area contributed by atoms with E-state index < -0.39 is 29.0 Å². The summed E-state index contributed by atoms with van der Waals surface area (Å²) in [5, 5.41) is 5.47. The number of halogens is 6. The summed E-state index contributed by atoms with van der Waals surface area (Å²) in [6, 6.07) is 3.67. The molecular formula is C12H6F6N2O. The summed E-state index contributed by atoms with van der Waals surface area (Å²) in [5.74, 6) is 0. The SMILES string of the molecule is O=c1ccc(-c2ccc(C(F)(F)F)c(C(F)(F)F)c2)n[nH]1. The van der Waals surface area contributed by atoms with Gasteiger partial charge in [0.05, 0.1) is 16.8 Å². The third kappa shape index (κ3) is 3.23. The number of alkyl halides is 6. The van der Waals surface area contributed by atoms with Crippen molar-refractivity contribution in [2.75, 3.05) is 0 Å². The molecule has 2 aromatic rings. The van der Waals surface area contributed by atoms with Crippen molar-refractivity contribution in [3.63, 3.8) is 0 Å². The van der Waals surface area contributed by atoms with Crippen molar-refractivity contribution in [3.05, 3.63) is 51.8 Å². The van der Waals surface area contributed by atoms with Crippen molar-refractivity contribution in [1.29, 1.82) is 0 Å². The Kier molecular flexibility index (Phi) is 3.52.